The molecule has 0 radical (unpaired) electrons. The maximum absolute atomic E-state index is 10.5. The van der Waals surface area contributed by atoms with Gasteiger partial charge in [0, 0.05) is 17.8 Å². The smallest absolute Gasteiger partial charge is 0.306 e. The molecular formula is C9H6N4O2. The summed E-state index contributed by atoms with van der Waals surface area (Å²) in [6.45, 7) is 0.161. The maximum Gasteiger partial charge on any atom is 0.306 e. The van der Waals surface area contributed by atoms with E-state index in [9.17, 15) is 10.1 Å². The lowest BCUT2D eigenvalue weighted by Gasteiger charge is -1.94. The molecule has 0 fully saturated rings. The molecule has 1 aromatic rings. The van der Waals surface area contributed by atoms with E-state index in [1.54, 1.807) is 6.07 Å². The SMILES string of the molecule is N#Cc1ncc(C#CCN)cc1[N+](=O)[O-]. The van der Waals surface area contributed by atoms with E-state index < -0.39 is 4.92 Å². The van der Waals surface area contributed by atoms with Crippen molar-refractivity contribution in [2.24, 2.45) is 5.73 Å². The van der Waals surface area contributed by atoms with Crippen LogP contribution in [0.25, 0.3) is 0 Å². The highest BCUT2D eigenvalue weighted by Gasteiger charge is 2.14. The summed E-state index contributed by atoms with van der Waals surface area (Å²) in [5.74, 6) is 5.14. The second-order valence-electron chi connectivity index (χ2n) is 2.47. The summed E-state index contributed by atoms with van der Waals surface area (Å²) in [4.78, 5) is 13.5. The Hall–Kier alpha value is -2.44. The molecular weight excluding hydrogens is 196 g/mol. The summed E-state index contributed by atoms with van der Waals surface area (Å²) in [5.41, 5.74) is 4.95. The first kappa shape index (κ1) is 10.6. The molecule has 0 aliphatic carbocycles. The van der Waals surface area contributed by atoms with Gasteiger partial charge in [-0.2, -0.15) is 5.26 Å². The number of nitriles is 1. The fourth-order valence-electron chi connectivity index (χ4n) is 0.900. The predicted molar refractivity (Wildman–Crippen MR) is 51.5 cm³/mol. The molecule has 0 saturated carbocycles. The quantitative estimate of drug-likeness (QED) is 0.397. The van der Waals surface area contributed by atoms with Crippen LogP contribution >= 0.6 is 0 Å². The van der Waals surface area contributed by atoms with Gasteiger partial charge in [-0.25, -0.2) is 4.98 Å². The third kappa shape index (κ3) is 2.50. The van der Waals surface area contributed by atoms with Crippen molar-refractivity contribution < 1.29 is 4.92 Å². The number of aromatic nitrogens is 1. The monoisotopic (exact) mass is 202 g/mol. The molecule has 2 N–H and O–H groups in total. The lowest BCUT2D eigenvalue weighted by Crippen LogP contribution is -1.97. The highest BCUT2D eigenvalue weighted by Crippen LogP contribution is 2.16. The first-order chi connectivity index (χ1) is 7.19. The van der Waals surface area contributed by atoms with E-state index >= 15 is 0 Å². The largest absolute Gasteiger partial charge is 0.320 e. The Morgan fingerprint density at radius 3 is 2.93 bits per heavy atom. The second kappa shape index (κ2) is 4.70. The number of pyridine rings is 1. The minimum atomic E-state index is -0.667. The molecule has 0 aliphatic heterocycles. The first-order valence-corrected chi connectivity index (χ1v) is 3.92. The zero-order valence-corrected chi connectivity index (χ0v) is 7.60. The van der Waals surface area contributed by atoms with Gasteiger partial charge in [-0.3, -0.25) is 10.1 Å². The van der Waals surface area contributed by atoms with Crippen LogP contribution in [0.5, 0.6) is 0 Å². The van der Waals surface area contributed by atoms with Crippen molar-refractivity contribution in [3.63, 3.8) is 0 Å². The minimum Gasteiger partial charge on any atom is -0.320 e. The van der Waals surface area contributed by atoms with Crippen LogP contribution in [0.2, 0.25) is 0 Å². The zero-order chi connectivity index (χ0) is 11.3. The van der Waals surface area contributed by atoms with Gasteiger partial charge in [-0.15, -0.1) is 0 Å². The van der Waals surface area contributed by atoms with Gasteiger partial charge < -0.3 is 5.73 Å². The van der Waals surface area contributed by atoms with Gasteiger partial charge in [0.05, 0.1) is 11.5 Å². The zero-order valence-electron chi connectivity index (χ0n) is 7.60. The fraction of sp³-hybridized carbons (Fsp3) is 0.111. The molecule has 6 heteroatoms. The Kier molecular flexibility index (Phi) is 3.33. The number of nitro groups is 1. The van der Waals surface area contributed by atoms with Crippen molar-refractivity contribution in [1.29, 1.82) is 5.26 Å². The standard InChI is InChI=1S/C9H6N4O2/c10-3-1-2-7-4-9(13(14)15)8(5-11)12-6-7/h4,6H,3,10H2. The molecule has 0 spiro atoms. The number of hydrogen-bond donors (Lipinski definition) is 1. The number of rotatable bonds is 1. The van der Waals surface area contributed by atoms with Gasteiger partial charge >= 0.3 is 5.69 Å². The van der Waals surface area contributed by atoms with E-state index in [1.165, 1.54) is 12.3 Å². The van der Waals surface area contributed by atoms with E-state index in [4.69, 9.17) is 11.0 Å². The van der Waals surface area contributed by atoms with Crippen molar-refractivity contribution in [2.75, 3.05) is 6.54 Å². The highest BCUT2D eigenvalue weighted by molar-refractivity contribution is 5.49. The highest BCUT2D eigenvalue weighted by atomic mass is 16.6. The Morgan fingerprint density at radius 2 is 2.40 bits per heavy atom. The van der Waals surface area contributed by atoms with Crippen molar-refractivity contribution in [2.45, 2.75) is 0 Å². The van der Waals surface area contributed by atoms with Crippen LogP contribution in [0, 0.1) is 33.3 Å². The predicted octanol–water partition coefficient (Wildman–Crippen LogP) is 0.172. The molecule has 0 bridgehead atoms. The van der Waals surface area contributed by atoms with E-state index in [2.05, 4.69) is 16.8 Å². The first-order valence-electron chi connectivity index (χ1n) is 3.92. The summed E-state index contributed by atoms with van der Waals surface area (Å²) in [7, 11) is 0. The van der Waals surface area contributed by atoms with Crippen LogP contribution in [0.1, 0.15) is 11.3 Å². The lowest BCUT2D eigenvalue weighted by molar-refractivity contribution is -0.385. The van der Waals surface area contributed by atoms with Gasteiger partial charge in [-0.1, -0.05) is 11.8 Å². The third-order valence-electron chi connectivity index (χ3n) is 1.50. The molecule has 0 amide bonds. The molecule has 0 saturated heterocycles. The summed E-state index contributed by atoms with van der Waals surface area (Å²) in [5, 5.41) is 19.1. The van der Waals surface area contributed by atoms with Crippen LogP contribution in [0.15, 0.2) is 12.3 Å². The van der Waals surface area contributed by atoms with Crippen LogP contribution in [0.4, 0.5) is 5.69 Å². The summed E-state index contributed by atoms with van der Waals surface area (Å²) in [6.07, 6.45) is 1.30. The summed E-state index contributed by atoms with van der Waals surface area (Å²) in [6, 6.07) is 2.84. The molecule has 1 rings (SSSR count). The average molecular weight is 202 g/mol. The van der Waals surface area contributed by atoms with Crippen LogP contribution < -0.4 is 5.73 Å². The van der Waals surface area contributed by atoms with Crippen molar-refractivity contribution in [3.8, 4) is 17.9 Å². The van der Waals surface area contributed by atoms with Crippen molar-refractivity contribution in [1.82, 2.24) is 4.98 Å². The second-order valence-corrected chi connectivity index (χ2v) is 2.47. The van der Waals surface area contributed by atoms with Crippen LogP contribution in [-0.4, -0.2) is 16.5 Å². The molecule has 0 aromatic carbocycles. The van der Waals surface area contributed by atoms with Crippen LogP contribution in [0.3, 0.4) is 0 Å². The molecule has 6 nitrogen and oxygen atoms in total. The molecule has 1 aromatic heterocycles. The Bertz CT molecular complexity index is 493. The van der Waals surface area contributed by atoms with Crippen molar-refractivity contribution >= 4 is 5.69 Å². The van der Waals surface area contributed by atoms with Gasteiger partial charge in [0.25, 0.3) is 0 Å². The lowest BCUT2D eigenvalue weighted by atomic mass is 10.2. The van der Waals surface area contributed by atoms with E-state index in [0.717, 1.165) is 0 Å². The topological polar surface area (TPSA) is 106 Å². The number of nitrogens with two attached hydrogens (primary N) is 1. The fourth-order valence-corrected chi connectivity index (χ4v) is 0.900. The van der Waals surface area contributed by atoms with E-state index in [1.807, 2.05) is 0 Å². The van der Waals surface area contributed by atoms with Gasteiger partial charge in [0.2, 0.25) is 5.69 Å². The van der Waals surface area contributed by atoms with Gasteiger partial charge in [0.15, 0.2) is 0 Å². The maximum atomic E-state index is 10.5. The van der Waals surface area contributed by atoms with E-state index in [-0.39, 0.29) is 17.9 Å². The molecule has 0 unspecified atom stereocenters. The van der Waals surface area contributed by atoms with Gasteiger partial charge in [0.1, 0.15) is 6.07 Å². The Balaban J connectivity index is 3.23. The molecule has 0 aliphatic rings. The Morgan fingerprint density at radius 1 is 1.67 bits per heavy atom. The third-order valence-corrected chi connectivity index (χ3v) is 1.50. The number of hydrogen-bond acceptors (Lipinski definition) is 5. The molecule has 1 heterocycles. The summed E-state index contributed by atoms with van der Waals surface area (Å²) < 4.78 is 0. The molecule has 0 atom stereocenters. The minimum absolute atomic E-state index is 0.161. The number of nitrogens with zero attached hydrogens (tertiary/aromatic N) is 3. The summed E-state index contributed by atoms with van der Waals surface area (Å²) >= 11 is 0. The molecule has 74 valence electrons. The van der Waals surface area contributed by atoms with Crippen molar-refractivity contribution in [3.05, 3.63) is 33.6 Å². The molecule has 15 heavy (non-hydrogen) atoms. The Labute approximate surface area is 85.5 Å². The van der Waals surface area contributed by atoms with Gasteiger partial charge in [-0.05, 0) is 0 Å². The normalized spacial score (nSPS) is 8.53. The average Bonchev–Trinajstić information content (AvgIpc) is 2.25. The van der Waals surface area contributed by atoms with E-state index in [0.29, 0.717) is 5.56 Å². The van der Waals surface area contributed by atoms with Crippen LogP contribution in [-0.2, 0) is 0 Å².